The molecule has 9 heteroatoms. The summed E-state index contributed by atoms with van der Waals surface area (Å²) in [4.78, 5) is 22.1. The normalized spacial score (nSPS) is 16.6. The first-order valence-corrected chi connectivity index (χ1v) is 9.89. The number of sulfonamides is 1. The first-order chi connectivity index (χ1) is 11.7. The van der Waals surface area contributed by atoms with Crippen LogP contribution in [-0.2, 0) is 10.0 Å². The van der Waals surface area contributed by atoms with Gasteiger partial charge in [-0.05, 0) is 38.3 Å². The number of hydrogen-bond donors (Lipinski definition) is 1. The van der Waals surface area contributed by atoms with E-state index in [1.807, 2.05) is 6.92 Å². The third-order valence-corrected chi connectivity index (χ3v) is 6.35. The fraction of sp³-hybridized carbons (Fsp3) is 0.562. The highest BCUT2D eigenvalue weighted by Crippen LogP contribution is 2.28. The first kappa shape index (κ1) is 19.3. The molecule has 1 fully saturated rings. The summed E-state index contributed by atoms with van der Waals surface area (Å²) in [6.07, 6.45) is 1.73. The Bertz CT molecular complexity index is 755. The number of piperidine rings is 1. The van der Waals surface area contributed by atoms with Crippen LogP contribution in [0.3, 0.4) is 0 Å². The molecule has 0 atom stereocenters. The lowest BCUT2D eigenvalue weighted by Gasteiger charge is -2.32. The Balaban J connectivity index is 2.07. The molecule has 0 aliphatic carbocycles. The Morgan fingerprint density at radius 3 is 2.52 bits per heavy atom. The summed E-state index contributed by atoms with van der Waals surface area (Å²) in [5.41, 5.74) is 0.497. The number of benzene rings is 1. The van der Waals surface area contributed by atoms with E-state index in [0.29, 0.717) is 38.0 Å². The second-order valence-electron chi connectivity index (χ2n) is 6.18. The number of Topliss-reactive ketones (excluding diaryl/α,β-unsaturated/α-hetero) is 1. The van der Waals surface area contributed by atoms with Crippen LogP contribution < -0.4 is 5.32 Å². The third kappa shape index (κ3) is 4.76. The number of nitro benzene ring substituents is 1. The number of nitrogens with zero attached hydrogens (tertiary/aromatic N) is 2. The zero-order chi connectivity index (χ0) is 18.6. The molecular formula is C16H23N3O5S. The van der Waals surface area contributed by atoms with E-state index in [2.05, 4.69) is 5.32 Å². The van der Waals surface area contributed by atoms with Gasteiger partial charge in [0.15, 0.2) is 5.78 Å². The van der Waals surface area contributed by atoms with Gasteiger partial charge in [0.25, 0.3) is 5.69 Å². The largest absolute Gasteiger partial charge is 0.377 e. The van der Waals surface area contributed by atoms with Crippen molar-refractivity contribution >= 4 is 27.2 Å². The molecule has 8 nitrogen and oxygen atoms in total. The first-order valence-electron chi connectivity index (χ1n) is 8.28. The van der Waals surface area contributed by atoms with Gasteiger partial charge in [-0.15, -0.1) is 0 Å². The van der Waals surface area contributed by atoms with E-state index >= 15 is 0 Å². The SMILES string of the molecule is CCCS(=O)(=O)N1CCC(Nc2ccc(C(C)=O)cc2[N+](=O)[O-])CC1. The molecule has 1 aliphatic heterocycles. The Hall–Kier alpha value is -2.00. The molecule has 0 radical (unpaired) electrons. The lowest BCUT2D eigenvalue weighted by Crippen LogP contribution is -2.43. The fourth-order valence-electron chi connectivity index (χ4n) is 2.91. The molecule has 1 aromatic carbocycles. The lowest BCUT2D eigenvalue weighted by molar-refractivity contribution is -0.384. The average molecular weight is 369 g/mol. The van der Waals surface area contributed by atoms with Crippen molar-refractivity contribution in [3.05, 3.63) is 33.9 Å². The standard InChI is InChI=1S/C16H23N3O5S/c1-3-10-25(23,24)18-8-6-14(7-9-18)17-15-5-4-13(12(2)20)11-16(15)19(21)22/h4-5,11,14,17H,3,6-10H2,1-2H3. The monoisotopic (exact) mass is 369 g/mol. The van der Waals surface area contributed by atoms with E-state index in [1.54, 1.807) is 6.07 Å². The number of nitro groups is 1. The number of rotatable bonds is 7. The number of hydrogen-bond acceptors (Lipinski definition) is 6. The summed E-state index contributed by atoms with van der Waals surface area (Å²) in [7, 11) is -3.21. The van der Waals surface area contributed by atoms with E-state index in [-0.39, 0.29) is 28.8 Å². The minimum absolute atomic E-state index is 0.0463. The van der Waals surface area contributed by atoms with Gasteiger partial charge < -0.3 is 5.32 Å². The molecule has 0 saturated carbocycles. The predicted octanol–water partition coefficient (Wildman–Crippen LogP) is 2.41. The molecule has 1 saturated heterocycles. The number of anilines is 1. The quantitative estimate of drug-likeness (QED) is 0.449. The van der Waals surface area contributed by atoms with Gasteiger partial charge >= 0.3 is 0 Å². The second-order valence-corrected chi connectivity index (χ2v) is 8.27. The minimum atomic E-state index is -3.21. The second kappa shape index (κ2) is 7.92. The maximum Gasteiger partial charge on any atom is 0.293 e. The van der Waals surface area contributed by atoms with Gasteiger partial charge in [-0.1, -0.05) is 6.92 Å². The number of ketones is 1. The van der Waals surface area contributed by atoms with Gasteiger partial charge in [-0.25, -0.2) is 12.7 Å². The molecule has 0 unspecified atom stereocenters. The van der Waals surface area contributed by atoms with Crippen molar-refractivity contribution in [3.8, 4) is 0 Å². The zero-order valence-electron chi connectivity index (χ0n) is 14.4. The number of nitrogens with one attached hydrogen (secondary N) is 1. The molecule has 2 rings (SSSR count). The molecule has 1 aromatic rings. The van der Waals surface area contributed by atoms with E-state index < -0.39 is 14.9 Å². The van der Waals surface area contributed by atoms with Gasteiger partial charge in [0.2, 0.25) is 10.0 Å². The van der Waals surface area contributed by atoms with E-state index in [1.165, 1.54) is 23.4 Å². The van der Waals surface area contributed by atoms with Gasteiger partial charge in [0.05, 0.1) is 10.7 Å². The van der Waals surface area contributed by atoms with Crippen LogP contribution in [0.2, 0.25) is 0 Å². The summed E-state index contributed by atoms with van der Waals surface area (Å²) in [6, 6.07) is 4.31. The Morgan fingerprint density at radius 1 is 1.36 bits per heavy atom. The predicted molar refractivity (Wildman–Crippen MR) is 95.4 cm³/mol. The minimum Gasteiger partial charge on any atom is -0.377 e. The van der Waals surface area contributed by atoms with E-state index in [4.69, 9.17) is 0 Å². The third-order valence-electron chi connectivity index (χ3n) is 4.27. The van der Waals surface area contributed by atoms with Crippen molar-refractivity contribution in [3.63, 3.8) is 0 Å². The maximum absolute atomic E-state index is 12.1. The van der Waals surface area contributed by atoms with Crippen LogP contribution in [0, 0.1) is 10.1 Å². The van der Waals surface area contributed by atoms with Crippen LogP contribution in [-0.4, -0.2) is 48.3 Å². The molecule has 0 bridgehead atoms. The maximum atomic E-state index is 12.1. The summed E-state index contributed by atoms with van der Waals surface area (Å²) in [5.74, 6) is -0.0904. The smallest absolute Gasteiger partial charge is 0.293 e. The van der Waals surface area contributed by atoms with Crippen LogP contribution in [0.25, 0.3) is 0 Å². The van der Waals surface area contributed by atoms with Crippen LogP contribution in [0.4, 0.5) is 11.4 Å². The van der Waals surface area contributed by atoms with Crippen LogP contribution in [0.5, 0.6) is 0 Å². The Labute approximate surface area is 147 Å². The van der Waals surface area contributed by atoms with Gasteiger partial charge in [0.1, 0.15) is 5.69 Å². The van der Waals surface area contributed by atoms with Crippen molar-refractivity contribution in [2.75, 3.05) is 24.2 Å². The average Bonchev–Trinajstić information content (AvgIpc) is 2.55. The van der Waals surface area contributed by atoms with Crippen LogP contribution in [0.1, 0.15) is 43.5 Å². The highest BCUT2D eigenvalue weighted by molar-refractivity contribution is 7.89. The summed E-state index contributed by atoms with van der Waals surface area (Å²) in [5, 5.41) is 14.4. The summed E-state index contributed by atoms with van der Waals surface area (Å²) in [6.45, 7) is 3.99. The van der Waals surface area contributed by atoms with Crippen molar-refractivity contribution in [2.45, 2.75) is 39.2 Å². The highest BCUT2D eigenvalue weighted by atomic mass is 32.2. The molecule has 0 amide bonds. The lowest BCUT2D eigenvalue weighted by atomic mass is 10.0. The van der Waals surface area contributed by atoms with Crippen molar-refractivity contribution in [1.82, 2.24) is 4.31 Å². The number of carbonyl (C=O) groups is 1. The van der Waals surface area contributed by atoms with E-state index in [0.717, 1.165) is 0 Å². The summed E-state index contributed by atoms with van der Waals surface area (Å²) < 4.78 is 25.6. The molecule has 138 valence electrons. The van der Waals surface area contributed by atoms with Crippen molar-refractivity contribution < 1.29 is 18.1 Å². The number of carbonyl (C=O) groups excluding carboxylic acids is 1. The van der Waals surface area contributed by atoms with Gasteiger partial charge in [-0.3, -0.25) is 14.9 Å². The van der Waals surface area contributed by atoms with Crippen LogP contribution in [0.15, 0.2) is 18.2 Å². The van der Waals surface area contributed by atoms with Crippen molar-refractivity contribution in [2.24, 2.45) is 0 Å². The topological polar surface area (TPSA) is 110 Å². The molecule has 1 heterocycles. The Kier molecular flexibility index (Phi) is 6.12. The fourth-order valence-corrected chi connectivity index (χ4v) is 4.45. The highest BCUT2D eigenvalue weighted by Gasteiger charge is 2.28. The molecule has 0 spiro atoms. The molecule has 0 aromatic heterocycles. The Morgan fingerprint density at radius 2 is 2.00 bits per heavy atom. The van der Waals surface area contributed by atoms with Gasteiger partial charge in [0, 0.05) is 30.8 Å². The van der Waals surface area contributed by atoms with Crippen LogP contribution >= 0.6 is 0 Å². The zero-order valence-corrected chi connectivity index (χ0v) is 15.2. The molecule has 1 aliphatic rings. The van der Waals surface area contributed by atoms with Gasteiger partial charge in [-0.2, -0.15) is 0 Å². The molecule has 25 heavy (non-hydrogen) atoms. The molecular weight excluding hydrogens is 346 g/mol. The molecule has 1 N–H and O–H groups in total. The van der Waals surface area contributed by atoms with Crippen molar-refractivity contribution in [1.29, 1.82) is 0 Å². The van der Waals surface area contributed by atoms with E-state index in [9.17, 15) is 23.3 Å². The summed E-state index contributed by atoms with van der Waals surface area (Å²) >= 11 is 0.